The molecule has 40 heavy (non-hydrogen) atoms. The number of piperidine rings is 1. The molecule has 1 fully saturated rings. The molecule has 216 valence electrons. The molecular formula is C29H33F4N3O4. The van der Waals surface area contributed by atoms with Gasteiger partial charge < -0.3 is 20.3 Å². The number of carboxylic acid groups (broad SMARTS) is 1. The van der Waals surface area contributed by atoms with Crippen LogP contribution < -0.4 is 15.2 Å². The number of hydrogen-bond acceptors (Lipinski definition) is 6. The van der Waals surface area contributed by atoms with Crippen LogP contribution in [-0.4, -0.2) is 54.3 Å². The topological polar surface area (TPSA) is 97.9 Å². The van der Waals surface area contributed by atoms with Crippen LogP contribution in [0.25, 0.3) is 10.9 Å². The third kappa shape index (κ3) is 6.82. The molecule has 0 saturated carbocycles. The predicted molar refractivity (Wildman–Crippen MR) is 141 cm³/mol. The summed E-state index contributed by atoms with van der Waals surface area (Å²) < 4.78 is 66.6. The molecule has 0 spiro atoms. The zero-order valence-corrected chi connectivity index (χ0v) is 22.3. The van der Waals surface area contributed by atoms with Crippen molar-refractivity contribution in [1.82, 2.24) is 9.88 Å². The number of aliphatic carboxylic acids is 1. The molecule has 3 aromatic rings. The number of carbonyl (C=O) groups is 1. The fourth-order valence-electron chi connectivity index (χ4n) is 5.47. The summed E-state index contributed by atoms with van der Waals surface area (Å²) in [7, 11) is 1.53. The van der Waals surface area contributed by atoms with Crippen molar-refractivity contribution in [3.63, 3.8) is 0 Å². The lowest BCUT2D eigenvalue weighted by Gasteiger charge is -2.41. The second kappa shape index (κ2) is 12.8. The van der Waals surface area contributed by atoms with Crippen LogP contribution in [0.4, 0.5) is 17.6 Å². The van der Waals surface area contributed by atoms with Crippen molar-refractivity contribution in [3.8, 4) is 11.5 Å². The normalized spacial score (nSPS) is 16.1. The van der Waals surface area contributed by atoms with Crippen molar-refractivity contribution in [3.05, 3.63) is 65.1 Å². The van der Waals surface area contributed by atoms with Crippen LogP contribution in [0.5, 0.6) is 11.5 Å². The number of rotatable bonds is 12. The minimum atomic E-state index is -1.55. The molecule has 0 radical (unpaired) electrons. The summed E-state index contributed by atoms with van der Waals surface area (Å²) in [6.45, 7) is 1.78. The Morgan fingerprint density at radius 1 is 1.15 bits per heavy atom. The Morgan fingerprint density at radius 2 is 1.85 bits per heavy atom. The van der Waals surface area contributed by atoms with E-state index in [-0.39, 0.29) is 31.7 Å². The maximum absolute atomic E-state index is 15.9. The molecular weight excluding hydrogens is 530 g/mol. The Kier molecular flexibility index (Phi) is 9.47. The number of methoxy groups -OCH3 is 1. The number of ether oxygens (including phenoxy) is 2. The lowest BCUT2D eigenvalue weighted by Crippen LogP contribution is -2.42. The predicted octanol–water partition coefficient (Wildman–Crippen LogP) is 5.55. The second-order valence-electron chi connectivity index (χ2n) is 10.3. The van der Waals surface area contributed by atoms with Crippen LogP contribution in [0, 0.1) is 22.9 Å². The molecule has 1 saturated heterocycles. The van der Waals surface area contributed by atoms with E-state index in [4.69, 9.17) is 15.2 Å². The first-order valence-corrected chi connectivity index (χ1v) is 13.2. The number of aromatic nitrogens is 1. The molecule has 7 nitrogen and oxygen atoms in total. The average molecular weight is 564 g/mol. The van der Waals surface area contributed by atoms with E-state index in [0.717, 1.165) is 12.1 Å². The van der Waals surface area contributed by atoms with Gasteiger partial charge in [-0.2, -0.15) is 0 Å². The Balaban J connectivity index is 1.40. The number of hydrogen-bond donors (Lipinski definition) is 2. The lowest BCUT2D eigenvalue weighted by atomic mass is 9.71. The molecule has 1 aliphatic rings. The first kappa shape index (κ1) is 29.5. The van der Waals surface area contributed by atoms with Crippen molar-refractivity contribution in [2.75, 3.05) is 33.4 Å². The number of pyridine rings is 1. The van der Waals surface area contributed by atoms with Crippen LogP contribution in [0.1, 0.15) is 49.4 Å². The van der Waals surface area contributed by atoms with Crippen LogP contribution in [0.3, 0.4) is 0 Å². The fourth-order valence-corrected chi connectivity index (χ4v) is 5.47. The first-order valence-electron chi connectivity index (χ1n) is 13.2. The van der Waals surface area contributed by atoms with Gasteiger partial charge in [-0.25, -0.2) is 17.6 Å². The highest BCUT2D eigenvalue weighted by atomic mass is 19.2. The van der Waals surface area contributed by atoms with E-state index in [0.29, 0.717) is 66.7 Å². The number of carboxylic acids is 1. The van der Waals surface area contributed by atoms with Crippen molar-refractivity contribution < 1.29 is 36.9 Å². The summed E-state index contributed by atoms with van der Waals surface area (Å²) in [5.41, 5.74) is 7.00. The highest BCUT2D eigenvalue weighted by Crippen LogP contribution is 2.43. The van der Waals surface area contributed by atoms with E-state index in [1.807, 2.05) is 0 Å². The summed E-state index contributed by atoms with van der Waals surface area (Å²) in [6, 6.07) is 6.84. The number of benzene rings is 2. The Bertz CT molecular complexity index is 1320. The third-order valence-corrected chi connectivity index (χ3v) is 7.74. The molecule has 0 bridgehead atoms. The van der Waals surface area contributed by atoms with Gasteiger partial charge in [0.2, 0.25) is 0 Å². The largest absolute Gasteiger partial charge is 0.497 e. The number of fused-ring (bicyclic) bond motifs is 1. The van der Waals surface area contributed by atoms with Gasteiger partial charge in [0.15, 0.2) is 17.5 Å². The zero-order valence-electron chi connectivity index (χ0n) is 22.3. The molecule has 2 aromatic carbocycles. The van der Waals surface area contributed by atoms with Gasteiger partial charge in [0.1, 0.15) is 24.3 Å². The molecule has 0 aliphatic carbocycles. The third-order valence-electron chi connectivity index (χ3n) is 7.74. The Labute approximate surface area is 229 Å². The second-order valence-corrected chi connectivity index (χ2v) is 10.3. The number of alkyl halides is 1. The number of likely N-dealkylation sites (tertiary alicyclic amines) is 1. The van der Waals surface area contributed by atoms with Crippen LogP contribution >= 0.6 is 0 Å². The van der Waals surface area contributed by atoms with E-state index < -0.39 is 35.0 Å². The highest BCUT2D eigenvalue weighted by molar-refractivity contribution is 5.85. The smallest absolute Gasteiger partial charge is 0.303 e. The average Bonchev–Trinajstić information content (AvgIpc) is 2.94. The van der Waals surface area contributed by atoms with Crippen molar-refractivity contribution in [2.24, 2.45) is 11.1 Å². The van der Waals surface area contributed by atoms with Gasteiger partial charge in [-0.1, -0.05) is 0 Å². The molecule has 3 N–H and O–H groups in total. The highest BCUT2D eigenvalue weighted by Gasteiger charge is 2.37. The van der Waals surface area contributed by atoms with Crippen molar-refractivity contribution in [2.45, 2.75) is 44.8 Å². The van der Waals surface area contributed by atoms with Gasteiger partial charge in [0.05, 0.1) is 19.0 Å². The van der Waals surface area contributed by atoms with E-state index in [2.05, 4.69) is 9.88 Å². The van der Waals surface area contributed by atoms with Gasteiger partial charge in [-0.15, -0.1) is 0 Å². The number of nitrogens with two attached hydrogens (primary N) is 1. The first-order chi connectivity index (χ1) is 19.1. The summed E-state index contributed by atoms with van der Waals surface area (Å²) >= 11 is 0. The summed E-state index contributed by atoms with van der Waals surface area (Å²) in [6.07, 6.45) is 1.72. The van der Waals surface area contributed by atoms with Gasteiger partial charge >= 0.3 is 5.97 Å². The van der Waals surface area contributed by atoms with Gasteiger partial charge in [-0.3, -0.25) is 14.7 Å². The monoisotopic (exact) mass is 563 g/mol. The van der Waals surface area contributed by atoms with Crippen LogP contribution in [0.15, 0.2) is 36.5 Å². The van der Waals surface area contributed by atoms with Crippen LogP contribution in [0.2, 0.25) is 0 Å². The number of nitrogens with zero attached hydrogens (tertiary/aromatic N) is 2. The molecule has 11 heteroatoms. The van der Waals surface area contributed by atoms with E-state index in [1.165, 1.54) is 7.11 Å². The molecule has 0 amide bonds. The Hall–Kier alpha value is -3.44. The minimum Gasteiger partial charge on any atom is -0.497 e. The summed E-state index contributed by atoms with van der Waals surface area (Å²) in [4.78, 5) is 18.2. The van der Waals surface area contributed by atoms with Crippen molar-refractivity contribution >= 4 is 16.9 Å². The Morgan fingerprint density at radius 3 is 2.48 bits per heavy atom. The standard InChI is InChI=1S/C29H33F4N3O4/c1-39-19-2-3-25-21(12-19)27(18(16-34)17-35-25)22(30)4-5-29(15-26(37)38)6-8-36(9-7-29)10-11-40-20-13-23(31)28(33)24(32)14-20/h2-3,12-14,17,22H,4-11,15-16,34H2,1H3,(H,37,38). The lowest BCUT2D eigenvalue weighted by molar-refractivity contribution is -0.141. The minimum absolute atomic E-state index is 0.0765. The SMILES string of the molecule is COc1ccc2ncc(CN)c(C(F)CCC3(CC(=O)O)CCN(CCOc4cc(F)c(F)c(F)c4)CC3)c2c1. The van der Waals surface area contributed by atoms with Crippen LogP contribution in [-0.2, 0) is 11.3 Å². The maximum atomic E-state index is 15.9. The molecule has 2 heterocycles. The summed E-state index contributed by atoms with van der Waals surface area (Å²) in [5, 5.41) is 10.3. The maximum Gasteiger partial charge on any atom is 0.303 e. The molecule has 1 atom stereocenters. The van der Waals surface area contributed by atoms with Crippen molar-refractivity contribution in [1.29, 1.82) is 0 Å². The molecule has 1 aromatic heterocycles. The van der Waals surface area contributed by atoms with Gasteiger partial charge in [0.25, 0.3) is 0 Å². The van der Waals surface area contributed by atoms with E-state index in [9.17, 15) is 23.1 Å². The van der Waals surface area contributed by atoms with E-state index >= 15 is 4.39 Å². The fraction of sp³-hybridized carbons (Fsp3) is 0.448. The molecule has 4 rings (SSSR count). The van der Waals surface area contributed by atoms with Gasteiger partial charge in [-0.05, 0) is 68.0 Å². The van der Waals surface area contributed by atoms with E-state index in [1.54, 1.807) is 24.4 Å². The van der Waals surface area contributed by atoms with Gasteiger partial charge in [0, 0.05) is 42.4 Å². The zero-order chi connectivity index (χ0) is 28.9. The molecule has 1 unspecified atom stereocenters. The molecule has 1 aliphatic heterocycles. The number of halogens is 4. The quantitative estimate of drug-likeness (QED) is 0.220. The summed E-state index contributed by atoms with van der Waals surface area (Å²) in [5.74, 6) is -4.67.